The summed E-state index contributed by atoms with van der Waals surface area (Å²) in [5.74, 6) is -0.600. The summed E-state index contributed by atoms with van der Waals surface area (Å²) in [6, 6.07) is 11.7. The highest BCUT2D eigenvalue weighted by atomic mass is 32.2. The van der Waals surface area contributed by atoms with Crippen molar-refractivity contribution < 1.29 is 22.7 Å². The number of rotatable bonds is 7. The predicted octanol–water partition coefficient (Wildman–Crippen LogP) is 4.31. The first-order valence-electron chi connectivity index (χ1n) is 10.8. The van der Waals surface area contributed by atoms with E-state index in [4.69, 9.17) is 4.74 Å². The van der Waals surface area contributed by atoms with Crippen LogP contribution in [-0.4, -0.2) is 36.7 Å². The van der Waals surface area contributed by atoms with Gasteiger partial charge in [0.1, 0.15) is 6.54 Å². The van der Waals surface area contributed by atoms with Crippen LogP contribution in [0.2, 0.25) is 0 Å². The van der Waals surface area contributed by atoms with Crippen LogP contribution in [0.3, 0.4) is 0 Å². The number of thiazole rings is 1. The highest BCUT2D eigenvalue weighted by Crippen LogP contribution is 2.24. The van der Waals surface area contributed by atoms with Crippen molar-refractivity contribution >= 4 is 43.3 Å². The molecular formula is C24H28N2O5S2. The molecule has 176 valence electrons. The standard InChI is InChI=1S/C24H28N2O5S2/c1-6-31-22(27)14-26-20-12-9-18(15(2)3)13-21(20)32-24(26)25-23(28)17-7-10-19(11-8-17)33(29,30)16(4)5/h7-13,15-16H,6,14H2,1-5H3. The van der Waals surface area contributed by atoms with Crippen molar-refractivity contribution in [1.29, 1.82) is 0 Å². The lowest BCUT2D eigenvalue weighted by Crippen LogP contribution is -2.23. The number of fused-ring (bicyclic) bond motifs is 1. The van der Waals surface area contributed by atoms with Crippen molar-refractivity contribution in [2.75, 3.05) is 6.61 Å². The molecule has 2 aromatic carbocycles. The third-order valence-corrected chi connectivity index (χ3v) is 8.43. The molecule has 0 unspecified atom stereocenters. The van der Waals surface area contributed by atoms with Gasteiger partial charge < -0.3 is 9.30 Å². The number of aromatic nitrogens is 1. The Balaban J connectivity index is 2.06. The highest BCUT2D eigenvalue weighted by molar-refractivity contribution is 7.92. The fraction of sp³-hybridized carbons (Fsp3) is 0.375. The Labute approximate surface area is 197 Å². The van der Waals surface area contributed by atoms with Crippen molar-refractivity contribution in [1.82, 2.24) is 4.57 Å². The molecular weight excluding hydrogens is 460 g/mol. The third kappa shape index (κ3) is 5.42. The lowest BCUT2D eigenvalue weighted by Gasteiger charge is -2.08. The molecule has 0 bridgehead atoms. The van der Waals surface area contributed by atoms with Crippen LogP contribution >= 0.6 is 11.3 Å². The van der Waals surface area contributed by atoms with Crippen LogP contribution in [0.5, 0.6) is 0 Å². The molecule has 1 amide bonds. The average Bonchev–Trinajstić information content (AvgIpc) is 3.09. The van der Waals surface area contributed by atoms with Crippen molar-refractivity contribution in [3.63, 3.8) is 0 Å². The van der Waals surface area contributed by atoms with Gasteiger partial charge in [0.05, 0.1) is 27.0 Å². The highest BCUT2D eigenvalue weighted by Gasteiger charge is 2.19. The SMILES string of the molecule is CCOC(=O)Cn1c(=NC(=O)c2ccc(S(=O)(=O)C(C)C)cc2)sc2cc(C(C)C)ccc21. The largest absolute Gasteiger partial charge is 0.465 e. The van der Waals surface area contributed by atoms with Crippen molar-refractivity contribution in [3.05, 3.63) is 58.4 Å². The van der Waals surface area contributed by atoms with E-state index in [2.05, 4.69) is 18.8 Å². The number of hydrogen-bond acceptors (Lipinski definition) is 6. The maximum Gasteiger partial charge on any atom is 0.326 e. The van der Waals surface area contributed by atoms with Gasteiger partial charge in [-0.05, 0) is 68.7 Å². The lowest BCUT2D eigenvalue weighted by atomic mass is 10.0. The smallest absolute Gasteiger partial charge is 0.326 e. The zero-order valence-electron chi connectivity index (χ0n) is 19.4. The number of hydrogen-bond donors (Lipinski definition) is 0. The Morgan fingerprint density at radius 1 is 1.06 bits per heavy atom. The van der Waals surface area contributed by atoms with E-state index in [1.54, 1.807) is 25.3 Å². The number of amides is 1. The first-order chi connectivity index (χ1) is 15.5. The molecule has 0 fully saturated rings. The predicted molar refractivity (Wildman–Crippen MR) is 129 cm³/mol. The maximum atomic E-state index is 12.9. The van der Waals surface area contributed by atoms with Crippen molar-refractivity contribution in [2.24, 2.45) is 4.99 Å². The van der Waals surface area contributed by atoms with Gasteiger partial charge in [0.2, 0.25) is 0 Å². The zero-order valence-corrected chi connectivity index (χ0v) is 21.0. The molecule has 0 aliphatic rings. The minimum atomic E-state index is -3.43. The van der Waals surface area contributed by atoms with E-state index in [0.717, 1.165) is 15.8 Å². The summed E-state index contributed by atoms with van der Waals surface area (Å²) in [5, 5.41) is -0.556. The van der Waals surface area contributed by atoms with Gasteiger partial charge in [-0.3, -0.25) is 9.59 Å². The molecule has 0 saturated heterocycles. The molecule has 1 heterocycles. The Morgan fingerprint density at radius 3 is 2.30 bits per heavy atom. The molecule has 3 aromatic rings. The molecule has 1 aromatic heterocycles. The number of ether oxygens (including phenoxy) is 1. The number of benzene rings is 2. The molecule has 0 saturated carbocycles. The van der Waals surface area contributed by atoms with Gasteiger partial charge in [0.25, 0.3) is 5.91 Å². The van der Waals surface area contributed by atoms with Gasteiger partial charge >= 0.3 is 5.97 Å². The molecule has 0 atom stereocenters. The fourth-order valence-corrected chi connectivity index (χ4v) is 5.37. The van der Waals surface area contributed by atoms with E-state index in [1.165, 1.54) is 35.6 Å². The summed E-state index contributed by atoms with van der Waals surface area (Å²) in [6.45, 7) is 9.35. The van der Waals surface area contributed by atoms with E-state index in [-0.39, 0.29) is 23.6 Å². The summed E-state index contributed by atoms with van der Waals surface area (Å²) in [7, 11) is -3.43. The Kier molecular flexibility index (Phi) is 7.54. The van der Waals surface area contributed by atoms with E-state index >= 15 is 0 Å². The second kappa shape index (κ2) is 10.0. The summed E-state index contributed by atoms with van der Waals surface area (Å²) in [5.41, 5.74) is 2.20. The Bertz CT molecular complexity index is 1350. The van der Waals surface area contributed by atoms with Crippen LogP contribution < -0.4 is 4.80 Å². The normalized spacial score (nSPS) is 12.6. The summed E-state index contributed by atoms with van der Waals surface area (Å²) in [4.78, 5) is 29.9. The molecule has 9 heteroatoms. The zero-order chi connectivity index (χ0) is 24.3. The second-order valence-corrected chi connectivity index (χ2v) is 11.7. The van der Waals surface area contributed by atoms with Gasteiger partial charge in [-0.15, -0.1) is 0 Å². The molecule has 0 radical (unpaired) electrons. The van der Waals surface area contributed by atoms with Gasteiger partial charge in [-0.1, -0.05) is 31.3 Å². The fourth-order valence-electron chi connectivity index (χ4n) is 3.23. The minimum absolute atomic E-state index is 0.0629. The van der Waals surface area contributed by atoms with E-state index in [1.807, 2.05) is 18.2 Å². The Morgan fingerprint density at radius 2 is 1.73 bits per heavy atom. The van der Waals surface area contributed by atoms with E-state index in [0.29, 0.717) is 10.7 Å². The number of carbonyl (C=O) groups excluding carboxylic acids is 2. The van der Waals surface area contributed by atoms with Gasteiger partial charge in [-0.2, -0.15) is 4.99 Å². The molecule has 0 aliphatic heterocycles. The van der Waals surface area contributed by atoms with Crippen LogP contribution in [0.15, 0.2) is 52.4 Å². The van der Waals surface area contributed by atoms with Gasteiger partial charge in [-0.25, -0.2) is 8.42 Å². The summed E-state index contributed by atoms with van der Waals surface area (Å²) in [6.07, 6.45) is 0. The van der Waals surface area contributed by atoms with Gasteiger partial charge in [0.15, 0.2) is 14.6 Å². The van der Waals surface area contributed by atoms with Crippen LogP contribution in [0, 0.1) is 0 Å². The first kappa shape index (κ1) is 24.9. The number of esters is 1. The average molecular weight is 489 g/mol. The minimum Gasteiger partial charge on any atom is -0.465 e. The van der Waals surface area contributed by atoms with Crippen LogP contribution in [0.1, 0.15) is 56.5 Å². The second-order valence-electron chi connectivity index (χ2n) is 8.19. The number of nitrogens with zero attached hydrogens (tertiary/aromatic N) is 2. The number of sulfone groups is 1. The molecule has 7 nitrogen and oxygen atoms in total. The topological polar surface area (TPSA) is 94.8 Å². The molecule has 0 N–H and O–H groups in total. The van der Waals surface area contributed by atoms with Crippen molar-refractivity contribution in [2.45, 2.75) is 57.2 Å². The van der Waals surface area contributed by atoms with Crippen molar-refractivity contribution in [3.8, 4) is 0 Å². The maximum absolute atomic E-state index is 12.9. The van der Waals surface area contributed by atoms with Crippen LogP contribution in [0.25, 0.3) is 10.2 Å². The monoisotopic (exact) mass is 488 g/mol. The lowest BCUT2D eigenvalue weighted by molar-refractivity contribution is -0.143. The van der Waals surface area contributed by atoms with Gasteiger partial charge in [0, 0.05) is 5.56 Å². The van der Waals surface area contributed by atoms with Crippen LogP contribution in [-0.2, 0) is 25.9 Å². The molecule has 0 spiro atoms. The quantitative estimate of drug-likeness (QED) is 0.462. The van der Waals surface area contributed by atoms with E-state index in [9.17, 15) is 18.0 Å². The third-order valence-electron chi connectivity index (χ3n) is 5.21. The molecule has 0 aliphatic carbocycles. The van der Waals surface area contributed by atoms with Crippen LogP contribution in [0.4, 0.5) is 0 Å². The summed E-state index contributed by atoms with van der Waals surface area (Å²) >= 11 is 1.32. The van der Waals surface area contributed by atoms with E-state index < -0.39 is 27.0 Å². The number of carbonyl (C=O) groups is 2. The first-order valence-corrected chi connectivity index (χ1v) is 13.1. The summed E-state index contributed by atoms with van der Waals surface area (Å²) < 4.78 is 32.3. The molecule has 3 rings (SSSR count). The Hall–Kier alpha value is -2.78. The molecule has 33 heavy (non-hydrogen) atoms.